The summed E-state index contributed by atoms with van der Waals surface area (Å²) in [7, 11) is 0.115. The molecule has 0 saturated carbocycles. The smallest absolute Gasteiger partial charge is 0.240 e. The highest BCUT2D eigenvalue weighted by Gasteiger charge is 2.21. The van der Waals surface area contributed by atoms with Gasteiger partial charge in [-0.2, -0.15) is 4.98 Å². The van der Waals surface area contributed by atoms with Gasteiger partial charge in [0.15, 0.2) is 6.29 Å². The van der Waals surface area contributed by atoms with Gasteiger partial charge in [-0.15, -0.1) is 0 Å². The fourth-order valence-electron chi connectivity index (χ4n) is 2.20. The number of aromatic nitrogens is 1. The minimum Gasteiger partial charge on any atom is -0.353 e. The summed E-state index contributed by atoms with van der Waals surface area (Å²) in [6.45, 7) is 7.53. The first-order valence-electron chi connectivity index (χ1n) is 6.84. The molecule has 0 aliphatic carbocycles. The summed E-state index contributed by atoms with van der Waals surface area (Å²) in [6.07, 6.45) is 0.842. The summed E-state index contributed by atoms with van der Waals surface area (Å²) in [5, 5.41) is 1.23. The van der Waals surface area contributed by atoms with Crippen LogP contribution in [0.2, 0.25) is 0 Å². The number of thiazole rings is 1. The molecule has 1 aromatic heterocycles. The molecule has 0 saturated heterocycles. The normalized spacial score (nSPS) is 12.5. The molecular weight excluding hydrogens is 258 g/mol. The maximum absolute atomic E-state index is 5.61. The molecule has 3 nitrogen and oxygen atoms in total. The van der Waals surface area contributed by atoms with Gasteiger partial charge in [-0.3, -0.25) is 0 Å². The average Bonchev–Trinajstić information content (AvgIpc) is 2.72. The van der Waals surface area contributed by atoms with Crippen molar-refractivity contribution >= 4 is 20.7 Å². The lowest BCUT2D eigenvalue weighted by Crippen LogP contribution is -2.17. The van der Waals surface area contributed by atoms with Gasteiger partial charge in [0.1, 0.15) is 11.3 Å². The molecule has 1 unspecified atom stereocenters. The third kappa shape index (κ3) is 3.53. The van der Waals surface area contributed by atoms with E-state index in [2.05, 4.69) is 30.1 Å². The number of aryl methyl sites for hydroxylation is 2. The van der Waals surface area contributed by atoms with E-state index in [0.29, 0.717) is 13.2 Å². The van der Waals surface area contributed by atoms with Crippen LogP contribution in [0.4, 0.5) is 0 Å². The van der Waals surface area contributed by atoms with Gasteiger partial charge in [-0.1, -0.05) is 12.1 Å². The lowest BCUT2D eigenvalue weighted by Gasteiger charge is -2.14. The average molecular weight is 280 g/mol. The highest BCUT2D eigenvalue weighted by atomic mass is 32.2. The van der Waals surface area contributed by atoms with Gasteiger partial charge in [-0.05, 0) is 19.9 Å². The lowest BCUT2D eigenvalue weighted by molar-refractivity contribution is -0.137. The van der Waals surface area contributed by atoms with Gasteiger partial charge in [0.25, 0.3) is 0 Å². The van der Waals surface area contributed by atoms with E-state index in [4.69, 9.17) is 9.47 Å². The zero-order valence-electron chi connectivity index (χ0n) is 11.9. The molecule has 0 N–H and O–H groups in total. The van der Waals surface area contributed by atoms with E-state index in [1.165, 1.54) is 9.71 Å². The molecule has 4 heteroatoms. The van der Waals surface area contributed by atoms with E-state index in [1.807, 2.05) is 19.9 Å². The maximum atomic E-state index is 5.61. The Labute approximate surface area is 117 Å². The molecule has 1 heterocycles. The van der Waals surface area contributed by atoms with Gasteiger partial charge in [-0.25, -0.2) is 0 Å². The Kier molecular flexibility index (Phi) is 5.31. The first-order valence-corrected chi connectivity index (χ1v) is 8.24. The molecular formula is C15H22NO2S+. The van der Waals surface area contributed by atoms with Crippen LogP contribution >= 0.6 is 10.5 Å². The number of benzene rings is 1. The van der Waals surface area contributed by atoms with Crippen LogP contribution in [0.5, 0.6) is 0 Å². The van der Waals surface area contributed by atoms with Crippen LogP contribution in [0.3, 0.4) is 0 Å². The van der Waals surface area contributed by atoms with Crippen molar-refractivity contribution in [1.29, 1.82) is 0 Å². The number of rotatable bonds is 7. The van der Waals surface area contributed by atoms with Gasteiger partial charge in [0.05, 0.1) is 0 Å². The maximum Gasteiger partial charge on any atom is 0.240 e. The van der Waals surface area contributed by atoms with Crippen LogP contribution in [0.25, 0.3) is 10.2 Å². The van der Waals surface area contributed by atoms with Crippen molar-refractivity contribution in [3.8, 4) is 0 Å². The van der Waals surface area contributed by atoms with Crippen LogP contribution in [0, 0.1) is 6.92 Å². The molecule has 104 valence electrons. The zero-order valence-corrected chi connectivity index (χ0v) is 12.7. The Morgan fingerprint density at radius 1 is 1.16 bits per heavy atom. The molecule has 0 fully saturated rings. The monoisotopic (exact) mass is 280 g/mol. The van der Waals surface area contributed by atoms with E-state index in [0.717, 1.165) is 17.7 Å². The van der Waals surface area contributed by atoms with Crippen molar-refractivity contribution < 1.29 is 9.47 Å². The van der Waals surface area contributed by atoms with Gasteiger partial charge >= 0.3 is 0 Å². The molecule has 0 spiro atoms. The number of fused-ring (bicyclic) bond motifs is 1. The minimum atomic E-state index is -0.0805. The molecule has 0 aliphatic rings. The molecule has 19 heavy (non-hydrogen) atoms. The van der Waals surface area contributed by atoms with Crippen LogP contribution in [0.15, 0.2) is 24.3 Å². The Balaban J connectivity index is 2.10. The van der Waals surface area contributed by atoms with Crippen LogP contribution in [0.1, 0.15) is 25.3 Å². The molecule has 0 radical (unpaired) electrons. The van der Waals surface area contributed by atoms with Crippen molar-refractivity contribution in [3.63, 3.8) is 0 Å². The second-order valence-electron chi connectivity index (χ2n) is 4.32. The summed E-state index contributed by atoms with van der Waals surface area (Å²) in [4.78, 5) is 4.65. The number of ether oxygens (including phenoxy) is 2. The van der Waals surface area contributed by atoms with Crippen molar-refractivity contribution in [3.05, 3.63) is 29.3 Å². The van der Waals surface area contributed by atoms with Crippen molar-refractivity contribution in [2.24, 2.45) is 0 Å². The SMILES string of the molecule is CCOC(CC[s+]1c(C)nc2ccccc21)OCC. The number of para-hydroxylation sites is 1. The predicted molar refractivity (Wildman–Crippen MR) is 80.6 cm³/mol. The number of hydrogen-bond donors (Lipinski definition) is 0. The van der Waals surface area contributed by atoms with Crippen LogP contribution in [-0.4, -0.2) is 24.5 Å². The largest absolute Gasteiger partial charge is 0.353 e. The van der Waals surface area contributed by atoms with Crippen molar-refractivity contribution in [1.82, 2.24) is 4.98 Å². The fraction of sp³-hybridized carbons (Fsp3) is 0.533. The van der Waals surface area contributed by atoms with E-state index in [-0.39, 0.29) is 16.8 Å². The van der Waals surface area contributed by atoms with Gasteiger partial charge < -0.3 is 9.47 Å². The molecule has 1 atom stereocenters. The highest BCUT2D eigenvalue weighted by molar-refractivity contribution is 7.36. The Bertz CT molecular complexity index is 518. The quantitative estimate of drug-likeness (QED) is 0.565. The molecule has 2 rings (SSSR count). The first-order chi connectivity index (χ1) is 9.26. The summed E-state index contributed by atoms with van der Waals surface area (Å²) in [6, 6.07) is 8.42. The fourth-order valence-corrected chi connectivity index (χ4v) is 4.28. The van der Waals surface area contributed by atoms with Crippen molar-refractivity contribution in [2.75, 3.05) is 13.2 Å². The summed E-state index contributed by atoms with van der Waals surface area (Å²) >= 11 is 0. The summed E-state index contributed by atoms with van der Waals surface area (Å²) in [5.41, 5.74) is 1.13. The molecule has 0 aliphatic heterocycles. The highest BCUT2D eigenvalue weighted by Crippen LogP contribution is 2.35. The third-order valence-corrected chi connectivity index (χ3v) is 5.35. The second kappa shape index (κ2) is 6.98. The van der Waals surface area contributed by atoms with Crippen molar-refractivity contribution in [2.45, 2.75) is 39.2 Å². The first kappa shape index (κ1) is 14.4. The number of nitrogens with zero attached hydrogens (tertiary/aromatic N) is 1. The summed E-state index contributed by atoms with van der Waals surface area (Å²) in [5.74, 6) is 1.05. The molecule has 1 aromatic carbocycles. The van der Waals surface area contributed by atoms with Crippen LogP contribution in [-0.2, 0) is 15.2 Å². The number of hydrogen-bond acceptors (Lipinski definition) is 3. The Morgan fingerprint density at radius 2 is 1.84 bits per heavy atom. The van der Waals surface area contributed by atoms with E-state index in [1.54, 1.807) is 0 Å². The zero-order chi connectivity index (χ0) is 13.7. The van der Waals surface area contributed by atoms with Gasteiger partial charge in [0.2, 0.25) is 9.71 Å². The van der Waals surface area contributed by atoms with Gasteiger partial charge in [0, 0.05) is 43.1 Å². The minimum absolute atomic E-state index is 0.0805. The van der Waals surface area contributed by atoms with Crippen LogP contribution < -0.4 is 0 Å². The van der Waals surface area contributed by atoms with E-state index >= 15 is 0 Å². The van der Waals surface area contributed by atoms with E-state index in [9.17, 15) is 0 Å². The second-order valence-corrected chi connectivity index (χ2v) is 6.54. The predicted octanol–water partition coefficient (Wildman–Crippen LogP) is 4.08. The molecule has 0 bridgehead atoms. The standard InChI is InChI=1S/C15H22NO2S/c1-4-17-15(18-5-2)10-11-19-12(3)16-13-8-6-7-9-14(13)19/h6-9,15H,4-5,10-11H2,1-3H3/q+1. The lowest BCUT2D eigenvalue weighted by atomic mass is 10.3. The summed E-state index contributed by atoms with van der Waals surface area (Å²) < 4.78 is 12.6. The Hall–Kier alpha value is -0.970. The Morgan fingerprint density at radius 3 is 2.53 bits per heavy atom. The molecule has 2 aromatic rings. The topological polar surface area (TPSA) is 31.4 Å². The van der Waals surface area contributed by atoms with E-state index < -0.39 is 0 Å². The molecule has 0 amide bonds. The third-order valence-electron chi connectivity index (χ3n) is 3.03.